The van der Waals surface area contributed by atoms with E-state index in [1.165, 1.54) is 37.7 Å². The molecular weight excluding hydrogens is 334 g/mol. The van der Waals surface area contributed by atoms with Crippen molar-refractivity contribution in [2.75, 3.05) is 0 Å². The van der Waals surface area contributed by atoms with Gasteiger partial charge in [-0.1, -0.05) is 73.9 Å². The summed E-state index contributed by atoms with van der Waals surface area (Å²) in [7, 11) is 0. The maximum Gasteiger partial charge on any atom is 0.266 e. The van der Waals surface area contributed by atoms with Gasteiger partial charge in [0.25, 0.3) is 6.08 Å². The number of allylic oxidation sites excluding steroid dienone is 1. The van der Waals surface area contributed by atoms with Crippen molar-refractivity contribution in [3.05, 3.63) is 72.3 Å². The highest BCUT2D eigenvalue weighted by atomic mass is 32.2. The van der Waals surface area contributed by atoms with Crippen LogP contribution in [-0.2, 0) is 0 Å². The molecule has 3 rings (SSSR count). The topological polar surface area (TPSA) is 0 Å². The molecule has 25 heavy (non-hydrogen) atoms. The SMILES string of the molecule is FC(F)=CC[C@H](SC1CCCCC1)c1ccc(-c2ccccc2)cc1. The molecule has 0 N–H and O–H groups in total. The lowest BCUT2D eigenvalue weighted by Crippen LogP contribution is -2.10. The Bertz CT molecular complexity index is 669. The van der Waals surface area contributed by atoms with Crippen LogP contribution in [0.5, 0.6) is 0 Å². The molecular formula is C22H24F2S. The molecule has 132 valence electrons. The summed E-state index contributed by atoms with van der Waals surface area (Å²) in [5.41, 5.74) is 3.49. The molecule has 0 spiro atoms. The van der Waals surface area contributed by atoms with Crippen LogP contribution in [0.4, 0.5) is 8.78 Å². The molecule has 0 bridgehead atoms. The molecule has 0 nitrogen and oxygen atoms in total. The second-order valence-corrected chi connectivity index (χ2v) is 8.11. The zero-order valence-electron chi connectivity index (χ0n) is 14.3. The Morgan fingerprint density at radius 1 is 0.920 bits per heavy atom. The molecule has 0 radical (unpaired) electrons. The van der Waals surface area contributed by atoms with Gasteiger partial charge in [-0.25, -0.2) is 0 Å². The van der Waals surface area contributed by atoms with Crippen LogP contribution < -0.4 is 0 Å². The molecule has 0 unspecified atom stereocenters. The third-order valence-electron chi connectivity index (χ3n) is 4.78. The largest absolute Gasteiger partial charge is 0.266 e. The van der Waals surface area contributed by atoms with Gasteiger partial charge in [0, 0.05) is 10.5 Å². The predicted molar refractivity (Wildman–Crippen MR) is 104 cm³/mol. The van der Waals surface area contributed by atoms with Crippen molar-refractivity contribution in [2.45, 2.75) is 49.0 Å². The Morgan fingerprint density at radius 2 is 1.56 bits per heavy atom. The highest BCUT2D eigenvalue weighted by Gasteiger charge is 2.20. The fourth-order valence-corrected chi connectivity index (χ4v) is 5.01. The molecule has 1 fully saturated rings. The lowest BCUT2D eigenvalue weighted by Gasteiger charge is -2.26. The second kappa shape index (κ2) is 9.19. The van der Waals surface area contributed by atoms with Gasteiger partial charge in [-0.15, -0.1) is 0 Å². The van der Waals surface area contributed by atoms with Crippen molar-refractivity contribution in [2.24, 2.45) is 0 Å². The van der Waals surface area contributed by atoms with E-state index in [0.717, 1.165) is 17.2 Å². The minimum absolute atomic E-state index is 0.106. The maximum absolute atomic E-state index is 12.6. The molecule has 0 saturated heterocycles. The summed E-state index contributed by atoms with van der Waals surface area (Å²) in [5.74, 6) is 0. The van der Waals surface area contributed by atoms with Crippen LogP contribution in [0.3, 0.4) is 0 Å². The molecule has 2 aromatic rings. The van der Waals surface area contributed by atoms with Crippen LogP contribution in [0.2, 0.25) is 0 Å². The smallest absolute Gasteiger partial charge is 0.174 e. The minimum Gasteiger partial charge on any atom is -0.174 e. The van der Waals surface area contributed by atoms with Gasteiger partial charge >= 0.3 is 0 Å². The van der Waals surface area contributed by atoms with E-state index in [2.05, 4.69) is 36.4 Å². The second-order valence-electron chi connectivity index (χ2n) is 6.60. The normalized spacial score (nSPS) is 16.4. The molecule has 1 atom stereocenters. The Hall–Kier alpha value is -1.61. The summed E-state index contributed by atoms with van der Waals surface area (Å²) in [4.78, 5) is 0. The van der Waals surface area contributed by atoms with E-state index < -0.39 is 6.08 Å². The van der Waals surface area contributed by atoms with Crippen LogP contribution >= 0.6 is 11.8 Å². The summed E-state index contributed by atoms with van der Waals surface area (Å²) in [6.07, 6.45) is 6.17. The van der Waals surface area contributed by atoms with Crippen molar-refractivity contribution in [3.63, 3.8) is 0 Å². The molecule has 2 aromatic carbocycles. The van der Waals surface area contributed by atoms with E-state index in [1.54, 1.807) is 0 Å². The molecule has 3 heteroatoms. The van der Waals surface area contributed by atoms with Gasteiger partial charge < -0.3 is 0 Å². The standard InChI is InChI=1S/C22H24F2S/c23-22(24)16-15-21(25-20-9-5-2-6-10-20)19-13-11-18(12-14-19)17-7-3-1-4-8-17/h1,3-4,7-8,11-14,16,20-21H,2,5-6,9-10,15H2/t21-/m0/s1. The average Bonchev–Trinajstić information content (AvgIpc) is 2.67. The monoisotopic (exact) mass is 358 g/mol. The molecule has 1 aliphatic rings. The lowest BCUT2D eigenvalue weighted by molar-refractivity contribution is 0.417. The minimum atomic E-state index is -1.57. The van der Waals surface area contributed by atoms with Crippen molar-refractivity contribution in [1.82, 2.24) is 0 Å². The summed E-state index contributed by atoms with van der Waals surface area (Å²) in [6.45, 7) is 0. The fraction of sp³-hybridized carbons (Fsp3) is 0.364. The third-order valence-corrected chi connectivity index (χ3v) is 6.43. The first-order chi connectivity index (χ1) is 12.2. The Morgan fingerprint density at radius 3 is 2.20 bits per heavy atom. The van der Waals surface area contributed by atoms with Gasteiger partial charge in [-0.3, -0.25) is 0 Å². The fourth-order valence-electron chi connectivity index (χ4n) is 3.42. The van der Waals surface area contributed by atoms with Gasteiger partial charge in [-0.05, 0) is 42.0 Å². The molecule has 0 aromatic heterocycles. The molecule has 0 heterocycles. The number of halogens is 2. The van der Waals surface area contributed by atoms with Crippen LogP contribution in [-0.4, -0.2) is 5.25 Å². The first-order valence-electron chi connectivity index (χ1n) is 9.04. The van der Waals surface area contributed by atoms with Crippen LogP contribution in [0, 0.1) is 0 Å². The van der Waals surface area contributed by atoms with Crippen molar-refractivity contribution >= 4 is 11.8 Å². The molecule has 0 amide bonds. The number of benzene rings is 2. The van der Waals surface area contributed by atoms with Crippen molar-refractivity contribution in [3.8, 4) is 11.1 Å². The van der Waals surface area contributed by atoms with Gasteiger partial charge in [0.05, 0.1) is 0 Å². The average molecular weight is 358 g/mol. The van der Waals surface area contributed by atoms with Gasteiger partial charge in [-0.2, -0.15) is 20.5 Å². The molecule has 1 aliphatic carbocycles. The lowest BCUT2D eigenvalue weighted by atomic mass is 10.0. The number of hydrogen-bond donors (Lipinski definition) is 0. The van der Waals surface area contributed by atoms with Crippen LogP contribution in [0.25, 0.3) is 11.1 Å². The zero-order chi connectivity index (χ0) is 17.5. The molecule has 1 saturated carbocycles. The number of thioether (sulfide) groups is 1. The Kier molecular flexibility index (Phi) is 6.69. The highest BCUT2D eigenvalue weighted by Crippen LogP contribution is 2.41. The highest BCUT2D eigenvalue weighted by molar-refractivity contribution is 8.00. The van der Waals surface area contributed by atoms with E-state index in [9.17, 15) is 8.78 Å². The third kappa shape index (κ3) is 5.43. The maximum atomic E-state index is 12.6. The van der Waals surface area contributed by atoms with Crippen LogP contribution in [0.15, 0.2) is 66.8 Å². The summed E-state index contributed by atoms with van der Waals surface area (Å²) in [6, 6.07) is 18.7. The quantitative estimate of drug-likeness (QED) is 0.511. The van der Waals surface area contributed by atoms with Gasteiger partial charge in [0.1, 0.15) is 0 Å². The van der Waals surface area contributed by atoms with E-state index >= 15 is 0 Å². The summed E-state index contributed by atoms with van der Waals surface area (Å²) < 4.78 is 25.3. The Balaban J connectivity index is 1.75. The van der Waals surface area contributed by atoms with E-state index in [0.29, 0.717) is 11.7 Å². The molecule has 0 aliphatic heterocycles. The van der Waals surface area contributed by atoms with Crippen molar-refractivity contribution in [1.29, 1.82) is 0 Å². The summed E-state index contributed by atoms with van der Waals surface area (Å²) in [5, 5.41) is 0.707. The predicted octanol–water partition coefficient (Wildman–Crippen LogP) is 7.63. The zero-order valence-corrected chi connectivity index (χ0v) is 15.2. The first kappa shape index (κ1) is 18.2. The van der Waals surface area contributed by atoms with Gasteiger partial charge in [0.2, 0.25) is 0 Å². The van der Waals surface area contributed by atoms with Crippen LogP contribution in [0.1, 0.15) is 49.3 Å². The van der Waals surface area contributed by atoms with Crippen molar-refractivity contribution < 1.29 is 8.78 Å². The first-order valence-corrected chi connectivity index (χ1v) is 9.98. The summed E-state index contributed by atoms with van der Waals surface area (Å²) >= 11 is 1.88. The number of rotatable bonds is 6. The van der Waals surface area contributed by atoms with E-state index in [1.807, 2.05) is 30.0 Å². The van der Waals surface area contributed by atoms with E-state index in [-0.39, 0.29) is 5.25 Å². The Labute approximate surface area is 153 Å². The van der Waals surface area contributed by atoms with Gasteiger partial charge in [0.15, 0.2) is 0 Å². The number of hydrogen-bond acceptors (Lipinski definition) is 1. The van der Waals surface area contributed by atoms with E-state index in [4.69, 9.17) is 0 Å².